The summed E-state index contributed by atoms with van der Waals surface area (Å²) in [5, 5.41) is 8.65. The molecule has 3 N–H and O–H groups in total. The van der Waals surface area contributed by atoms with Crippen molar-refractivity contribution in [2.24, 2.45) is 0 Å². The highest BCUT2D eigenvalue weighted by Gasteiger charge is 2.13. The fourth-order valence-electron chi connectivity index (χ4n) is 0.812. The molecule has 0 aromatic heterocycles. The van der Waals surface area contributed by atoms with Crippen molar-refractivity contribution in [3.63, 3.8) is 0 Å². The largest absolute Gasteiger partial charge is 0.398 e. The number of hydrogen-bond donors (Lipinski definition) is 2. The Balaban J connectivity index is 3.40. The number of aliphatic hydroxyl groups excluding tert-OH is 1. The average Bonchev–Trinajstić information content (AvgIpc) is 2.01. The van der Waals surface area contributed by atoms with Gasteiger partial charge in [0, 0.05) is 11.3 Å². The monoisotopic (exact) mass is 237 g/mol. The highest BCUT2D eigenvalue weighted by molar-refractivity contribution is 9.10. The third-order valence-electron chi connectivity index (χ3n) is 1.46. The summed E-state index contributed by atoms with van der Waals surface area (Å²) < 4.78 is 25.4. The van der Waals surface area contributed by atoms with Gasteiger partial charge >= 0.3 is 0 Å². The predicted octanol–water partition coefficient (Wildman–Crippen LogP) is 1.80. The molecule has 1 aromatic carbocycles. The Hall–Kier alpha value is -0.680. The van der Waals surface area contributed by atoms with E-state index in [0.717, 1.165) is 6.07 Å². The normalized spacial score (nSPS) is 10.3. The Morgan fingerprint density at radius 3 is 2.58 bits per heavy atom. The van der Waals surface area contributed by atoms with Crippen LogP contribution in [0.1, 0.15) is 5.56 Å². The average molecular weight is 238 g/mol. The molecule has 0 atom stereocenters. The molecule has 0 aliphatic heterocycles. The second kappa shape index (κ2) is 3.37. The fourth-order valence-corrected chi connectivity index (χ4v) is 1.17. The van der Waals surface area contributed by atoms with Gasteiger partial charge in [0.2, 0.25) is 0 Å². The second-order valence-electron chi connectivity index (χ2n) is 2.21. The lowest BCUT2D eigenvalue weighted by atomic mass is 10.2. The highest BCUT2D eigenvalue weighted by atomic mass is 79.9. The zero-order valence-corrected chi connectivity index (χ0v) is 7.53. The number of anilines is 1. The molecule has 0 saturated carbocycles. The van der Waals surface area contributed by atoms with E-state index in [1.165, 1.54) is 0 Å². The number of rotatable bonds is 1. The molecule has 0 amide bonds. The predicted molar refractivity (Wildman–Crippen MR) is 44.4 cm³/mol. The Morgan fingerprint density at radius 1 is 1.50 bits per heavy atom. The maximum atomic E-state index is 13.0. The van der Waals surface area contributed by atoms with E-state index in [9.17, 15) is 8.78 Å². The lowest BCUT2D eigenvalue weighted by molar-refractivity contribution is 0.276. The van der Waals surface area contributed by atoms with Crippen molar-refractivity contribution in [2.45, 2.75) is 6.61 Å². The summed E-state index contributed by atoms with van der Waals surface area (Å²) in [6.45, 7) is -0.545. The van der Waals surface area contributed by atoms with Crippen molar-refractivity contribution in [1.29, 1.82) is 0 Å². The van der Waals surface area contributed by atoms with Gasteiger partial charge in [-0.15, -0.1) is 0 Å². The van der Waals surface area contributed by atoms with Gasteiger partial charge in [0.15, 0.2) is 0 Å². The zero-order valence-electron chi connectivity index (χ0n) is 5.94. The summed E-state index contributed by atoms with van der Waals surface area (Å²) in [6.07, 6.45) is 0. The number of nitrogen functional groups attached to an aromatic ring is 1. The number of nitrogens with two attached hydrogens (primary N) is 1. The van der Waals surface area contributed by atoms with E-state index < -0.39 is 18.2 Å². The van der Waals surface area contributed by atoms with Crippen LogP contribution >= 0.6 is 15.9 Å². The summed E-state index contributed by atoms with van der Waals surface area (Å²) >= 11 is 2.69. The lowest BCUT2D eigenvalue weighted by Crippen LogP contribution is -2.00. The summed E-state index contributed by atoms with van der Waals surface area (Å²) in [4.78, 5) is 0. The number of aliphatic hydroxyl groups is 1. The van der Waals surface area contributed by atoms with Crippen LogP contribution in [0.2, 0.25) is 0 Å². The van der Waals surface area contributed by atoms with Gasteiger partial charge in [0.05, 0.1) is 11.1 Å². The van der Waals surface area contributed by atoms with Crippen LogP contribution in [0.5, 0.6) is 0 Å². The maximum absolute atomic E-state index is 13.0. The Labute approximate surface area is 76.1 Å². The second-order valence-corrected chi connectivity index (χ2v) is 3.01. The molecule has 0 saturated heterocycles. The van der Waals surface area contributed by atoms with Gasteiger partial charge in [0.25, 0.3) is 0 Å². The zero-order chi connectivity index (χ0) is 9.30. The molecule has 0 spiro atoms. The molecule has 0 aliphatic rings. The van der Waals surface area contributed by atoms with Crippen LogP contribution in [0.15, 0.2) is 10.5 Å². The highest BCUT2D eigenvalue weighted by Crippen LogP contribution is 2.27. The quantitative estimate of drug-likeness (QED) is 0.578. The molecule has 12 heavy (non-hydrogen) atoms. The van der Waals surface area contributed by atoms with E-state index in [2.05, 4.69) is 15.9 Å². The van der Waals surface area contributed by atoms with Gasteiger partial charge in [-0.3, -0.25) is 0 Å². The molecule has 66 valence electrons. The molecule has 2 nitrogen and oxygen atoms in total. The minimum absolute atomic E-state index is 0.0873. The molecule has 0 radical (unpaired) electrons. The van der Waals surface area contributed by atoms with E-state index >= 15 is 0 Å². The van der Waals surface area contributed by atoms with E-state index in [4.69, 9.17) is 10.8 Å². The Morgan fingerprint density at radius 2 is 2.08 bits per heavy atom. The van der Waals surface area contributed by atoms with E-state index in [0.29, 0.717) is 0 Å². The minimum Gasteiger partial charge on any atom is -0.398 e. The summed E-state index contributed by atoms with van der Waals surface area (Å²) in [5.41, 5.74) is 5.06. The number of halogens is 3. The van der Waals surface area contributed by atoms with Crippen molar-refractivity contribution >= 4 is 21.6 Å². The van der Waals surface area contributed by atoms with Crippen molar-refractivity contribution in [2.75, 3.05) is 5.73 Å². The Bertz CT molecular complexity index is 317. The van der Waals surface area contributed by atoms with Crippen LogP contribution in [-0.4, -0.2) is 5.11 Å². The first-order valence-corrected chi connectivity index (χ1v) is 3.90. The van der Waals surface area contributed by atoms with Crippen LogP contribution < -0.4 is 5.73 Å². The molecule has 0 heterocycles. The molecule has 1 aromatic rings. The van der Waals surface area contributed by atoms with Crippen LogP contribution in [0.3, 0.4) is 0 Å². The summed E-state index contributed by atoms with van der Waals surface area (Å²) in [6, 6.07) is 0.957. The standard InChI is InChI=1S/C7H6BrF2NO/c8-6-4(9)1-5(11)3(2-12)7(6)10/h1,12H,2,11H2. The van der Waals surface area contributed by atoms with Crippen molar-refractivity contribution in [3.05, 3.63) is 27.7 Å². The van der Waals surface area contributed by atoms with Crippen LogP contribution in [0.4, 0.5) is 14.5 Å². The first-order chi connectivity index (χ1) is 5.57. The third kappa shape index (κ3) is 1.42. The maximum Gasteiger partial charge on any atom is 0.147 e. The van der Waals surface area contributed by atoms with Crippen molar-refractivity contribution < 1.29 is 13.9 Å². The number of benzene rings is 1. The van der Waals surface area contributed by atoms with Gasteiger partial charge in [-0.25, -0.2) is 8.78 Å². The molecular formula is C7H6BrF2NO. The first-order valence-electron chi connectivity index (χ1n) is 3.10. The van der Waals surface area contributed by atoms with Crippen molar-refractivity contribution in [3.8, 4) is 0 Å². The lowest BCUT2D eigenvalue weighted by Gasteiger charge is -2.05. The summed E-state index contributed by atoms with van der Waals surface area (Å²) in [5.74, 6) is -1.63. The molecule has 5 heteroatoms. The molecule has 0 fully saturated rings. The number of hydrogen-bond acceptors (Lipinski definition) is 2. The van der Waals surface area contributed by atoms with Crippen LogP contribution in [0, 0.1) is 11.6 Å². The SMILES string of the molecule is Nc1cc(F)c(Br)c(F)c1CO. The van der Waals surface area contributed by atoms with Gasteiger partial charge < -0.3 is 10.8 Å². The van der Waals surface area contributed by atoms with Crippen LogP contribution in [-0.2, 0) is 6.61 Å². The smallest absolute Gasteiger partial charge is 0.147 e. The van der Waals surface area contributed by atoms with Gasteiger partial charge in [-0.1, -0.05) is 0 Å². The van der Waals surface area contributed by atoms with E-state index in [1.807, 2.05) is 0 Å². The molecule has 1 rings (SSSR count). The van der Waals surface area contributed by atoms with Gasteiger partial charge in [0.1, 0.15) is 11.6 Å². The van der Waals surface area contributed by atoms with E-state index in [1.54, 1.807) is 0 Å². The van der Waals surface area contributed by atoms with Crippen molar-refractivity contribution in [1.82, 2.24) is 0 Å². The third-order valence-corrected chi connectivity index (χ3v) is 2.18. The van der Waals surface area contributed by atoms with E-state index in [-0.39, 0.29) is 15.7 Å². The Kier molecular flexibility index (Phi) is 2.64. The first kappa shape index (κ1) is 9.41. The molecule has 0 aliphatic carbocycles. The minimum atomic E-state index is -0.852. The molecule has 0 bridgehead atoms. The van der Waals surface area contributed by atoms with Crippen LogP contribution in [0.25, 0.3) is 0 Å². The topological polar surface area (TPSA) is 46.2 Å². The van der Waals surface area contributed by atoms with Gasteiger partial charge in [-0.2, -0.15) is 0 Å². The van der Waals surface area contributed by atoms with Gasteiger partial charge in [-0.05, 0) is 22.0 Å². The molecular weight excluding hydrogens is 232 g/mol. The fraction of sp³-hybridized carbons (Fsp3) is 0.143. The summed E-state index contributed by atoms with van der Waals surface area (Å²) in [7, 11) is 0. The molecule has 0 unspecified atom stereocenters.